The third-order valence-electron chi connectivity index (χ3n) is 28.3. The zero-order valence-electron chi connectivity index (χ0n) is 70.9. The van der Waals surface area contributed by atoms with E-state index in [4.69, 9.17) is 0 Å². The van der Waals surface area contributed by atoms with E-state index in [9.17, 15) is 0 Å². The lowest BCUT2D eigenvalue weighted by Crippen LogP contribution is -2.23. The molecule has 3 aliphatic rings. The molecule has 5 heterocycles. The van der Waals surface area contributed by atoms with Crippen LogP contribution in [-0.2, 0) is 16.2 Å². The number of benzene rings is 19. The molecular formula is C120H86N6. The zero-order chi connectivity index (χ0) is 84.0. The lowest BCUT2D eigenvalue weighted by molar-refractivity contribution is 0.645. The van der Waals surface area contributed by atoms with Crippen molar-refractivity contribution in [3.8, 4) is 56.1 Å². The summed E-state index contributed by atoms with van der Waals surface area (Å²) in [6, 6.07) is 147. The molecule has 0 saturated heterocycles. The zero-order valence-corrected chi connectivity index (χ0v) is 70.9. The van der Waals surface area contributed by atoms with Gasteiger partial charge in [-0.05, 0) is 215 Å². The van der Waals surface area contributed by atoms with Gasteiger partial charge in [-0.3, -0.25) is 4.98 Å². The number of anilines is 3. The monoisotopic (exact) mass is 1610 g/mol. The standard InChI is InChI=1S/C47H34N2.C43H30N2.C30H22N2/c1-47(2)40-22-10-8-21-38(40)45-44-32(16-12-23-41(44)47)30-39-37-20-9-11-24-43(37)49(46(39)45)35-28-26-34(27-29-35)48(33-17-4-3-5-18-33)42-25-13-15-31-14-6-7-19-36(31)42;1-43(2)35-17-7-3-16-33(35)41-40-27(12-11-18-36(40)43)26-34-32-15-6-10-21-39(32)45(42(34)41)29-24-22-28(23-25-29)44-37-19-8-4-13-30(37)31-14-5-9-20-38(31)44;1-30(2)24-11-5-3-10-22(24)28-27-19(8-7-12-25(27)30)18-23-21-9-4-6-13-26(21)32(29(23)28)20-14-16-31-17-15-20/h3-30H,1-2H3;3-26H,1-2H3;3-18H,1-2H3. The van der Waals surface area contributed by atoms with Gasteiger partial charge in [-0.1, -0.05) is 315 Å². The summed E-state index contributed by atoms with van der Waals surface area (Å²) >= 11 is 0. The summed E-state index contributed by atoms with van der Waals surface area (Å²) in [6.45, 7) is 14.2. The predicted octanol–water partition coefficient (Wildman–Crippen LogP) is 31.8. The number of para-hydroxylation sites is 6. The van der Waals surface area contributed by atoms with Crippen LogP contribution in [-0.4, -0.2) is 23.3 Å². The third kappa shape index (κ3) is 10.6. The van der Waals surface area contributed by atoms with Gasteiger partial charge < -0.3 is 23.2 Å². The van der Waals surface area contributed by atoms with Crippen LogP contribution in [0.15, 0.2) is 413 Å². The van der Waals surface area contributed by atoms with Crippen LogP contribution >= 0.6 is 0 Å². The summed E-state index contributed by atoms with van der Waals surface area (Å²) in [5.74, 6) is 0. The molecule has 0 N–H and O–H groups in total. The predicted molar refractivity (Wildman–Crippen MR) is 532 cm³/mol. The number of nitrogens with zero attached hydrogens (tertiary/aromatic N) is 6. The Kier molecular flexibility index (Phi) is 16.1. The molecule has 0 atom stereocenters. The Hall–Kier alpha value is -15.6. The first kappa shape index (κ1) is 73.1. The average Bonchev–Trinajstić information content (AvgIpc) is 1.43. The second-order valence-electron chi connectivity index (χ2n) is 36.0. The van der Waals surface area contributed by atoms with Crippen LogP contribution in [0.2, 0.25) is 0 Å². The van der Waals surface area contributed by atoms with Crippen molar-refractivity contribution in [2.75, 3.05) is 4.90 Å². The van der Waals surface area contributed by atoms with Crippen molar-refractivity contribution < 1.29 is 0 Å². The van der Waals surface area contributed by atoms with Gasteiger partial charge in [0.15, 0.2) is 0 Å². The molecule has 0 aliphatic heterocycles. The van der Waals surface area contributed by atoms with E-state index >= 15 is 0 Å². The number of aromatic nitrogens is 5. The number of hydrogen-bond acceptors (Lipinski definition) is 2. The largest absolute Gasteiger partial charge is 0.310 e. The summed E-state index contributed by atoms with van der Waals surface area (Å²) in [6.07, 6.45) is 3.76. The maximum atomic E-state index is 4.27. The fourth-order valence-electron chi connectivity index (χ4n) is 22.6. The smallest absolute Gasteiger partial charge is 0.0626 e. The SMILES string of the molecule is CC1(C)c2ccccc2-c2c3c1cccc3cc1c3ccccc3n(-c3ccc(-n4c5ccccc5c5ccccc54)cc3)c21.CC1(C)c2ccccc2-c2c3c1cccc3cc1c3ccccc3n(-c3ccc(N(c4ccccc4)c4cccc5ccccc45)cc3)c21.CC1(C)c2ccccc2-c2c3c1cccc3cc1c3ccccc3n(-c3ccncc3)c21. The van der Waals surface area contributed by atoms with E-state index in [1.165, 1.54) is 203 Å². The molecule has 0 radical (unpaired) electrons. The minimum absolute atomic E-state index is 0.0513. The molecule has 126 heavy (non-hydrogen) atoms. The quantitative estimate of drug-likeness (QED) is 0.159. The summed E-state index contributed by atoms with van der Waals surface area (Å²) in [7, 11) is 0. The van der Waals surface area contributed by atoms with E-state index in [0.29, 0.717) is 0 Å². The first-order valence-corrected chi connectivity index (χ1v) is 44.1. The van der Waals surface area contributed by atoms with Gasteiger partial charge in [-0.25, -0.2) is 0 Å². The number of rotatable bonds is 7. The second kappa shape index (κ2) is 27.7. The molecule has 27 rings (SSSR count). The maximum Gasteiger partial charge on any atom is 0.0626 e. The fourth-order valence-corrected chi connectivity index (χ4v) is 22.6. The minimum atomic E-state index is -0.0994. The Bertz CT molecular complexity index is 8610. The fraction of sp³-hybridized carbons (Fsp3) is 0.0750. The summed E-state index contributed by atoms with van der Waals surface area (Å²) in [5, 5.41) is 20.8. The van der Waals surface area contributed by atoms with Crippen LogP contribution in [0.3, 0.4) is 0 Å². The number of pyridine rings is 1. The van der Waals surface area contributed by atoms with Crippen molar-refractivity contribution in [3.63, 3.8) is 0 Å². The van der Waals surface area contributed by atoms with E-state index in [1.807, 2.05) is 12.4 Å². The van der Waals surface area contributed by atoms with E-state index < -0.39 is 0 Å². The summed E-state index contributed by atoms with van der Waals surface area (Å²) in [4.78, 5) is 6.65. The Balaban J connectivity index is 0.000000105. The molecular weight excluding hydrogens is 1530 g/mol. The van der Waals surface area contributed by atoms with Crippen molar-refractivity contribution >= 4 is 147 Å². The van der Waals surface area contributed by atoms with Gasteiger partial charge in [0.2, 0.25) is 0 Å². The van der Waals surface area contributed by atoms with E-state index in [-0.39, 0.29) is 16.2 Å². The molecule has 5 aromatic heterocycles. The Morgan fingerprint density at radius 3 is 0.897 bits per heavy atom. The van der Waals surface area contributed by atoms with E-state index in [0.717, 1.165) is 34.1 Å². The van der Waals surface area contributed by atoms with Gasteiger partial charge in [0.25, 0.3) is 0 Å². The van der Waals surface area contributed by atoms with Gasteiger partial charge in [0.05, 0.1) is 49.8 Å². The van der Waals surface area contributed by atoms with Gasteiger partial charge >= 0.3 is 0 Å². The molecule has 0 unspecified atom stereocenters. The van der Waals surface area contributed by atoms with Crippen molar-refractivity contribution in [1.29, 1.82) is 0 Å². The summed E-state index contributed by atoms with van der Waals surface area (Å²) < 4.78 is 9.82. The highest BCUT2D eigenvalue weighted by Gasteiger charge is 2.40. The highest BCUT2D eigenvalue weighted by molar-refractivity contribution is 6.27. The van der Waals surface area contributed by atoms with Crippen LogP contribution < -0.4 is 4.90 Å². The van der Waals surface area contributed by atoms with Crippen LogP contribution in [0.25, 0.3) is 186 Å². The highest BCUT2D eigenvalue weighted by atomic mass is 15.1. The van der Waals surface area contributed by atoms with Crippen LogP contribution in [0.4, 0.5) is 17.1 Å². The third-order valence-corrected chi connectivity index (χ3v) is 28.3. The van der Waals surface area contributed by atoms with Crippen LogP contribution in [0.1, 0.15) is 74.9 Å². The van der Waals surface area contributed by atoms with Gasteiger partial charge in [0.1, 0.15) is 0 Å². The molecule has 19 aromatic carbocycles. The normalized spacial score (nSPS) is 13.7. The highest BCUT2D eigenvalue weighted by Crippen LogP contribution is 2.58. The van der Waals surface area contributed by atoms with Gasteiger partial charge in [-0.2, -0.15) is 0 Å². The topological polar surface area (TPSA) is 35.9 Å². The first-order chi connectivity index (χ1) is 61.9. The van der Waals surface area contributed by atoms with E-state index in [2.05, 4.69) is 470 Å². The first-order valence-electron chi connectivity index (χ1n) is 44.1. The second-order valence-corrected chi connectivity index (χ2v) is 36.0. The molecule has 596 valence electrons. The Morgan fingerprint density at radius 2 is 0.492 bits per heavy atom. The lowest BCUT2D eigenvalue weighted by atomic mass is 9.68. The Labute approximate surface area is 730 Å². The molecule has 6 nitrogen and oxygen atoms in total. The molecule has 3 aliphatic carbocycles. The Morgan fingerprint density at radius 1 is 0.214 bits per heavy atom. The number of fused-ring (bicyclic) bond motifs is 22. The summed E-state index contributed by atoms with van der Waals surface area (Å²) in [5.41, 5.74) is 34.1. The average molecular weight is 1610 g/mol. The molecule has 0 bridgehead atoms. The molecule has 6 heteroatoms. The van der Waals surface area contributed by atoms with Gasteiger partial charge in [0, 0.05) is 128 Å². The van der Waals surface area contributed by atoms with Crippen molar-refractivity contribution in [1.82, 2.24) is 23.3 Å². The minimum Gasteiger partial charge on any atom is -0.310 e. The van der Waals surface area contributed by atoms with Crippen molar-refractivity contribution in [2.24, 2.45) is 0 Å². The van der Waals surface area contributed by atoms with Crippen LogP contribution in [0, 0.1) is 0 Å². The lowest BCUT2D eigenvalue weighted by Gasteiger charge is -2.35. The number of hydrogen-bond donors (Lipinski definition) is 0. The van der Waals surface area contributed by atoms with Gasteiger partial charge in [-0.15, -0.1) is 0 Å². The van der Waals surface area contributed by atoms with Crippen molar-refractivity contribution in [3.05, 3.63) is 446 Å². The molecule has 0 fully saturated rings. The molecule has 0 saturated carbocycles. The van der Waals surface area contributed by atoms with Crippen molar-refractivity contribution in [2.45, 2.75) is 57.8 Å². The molecule has 0 amide bonds. The van der Waals surface area contributed by atoms with E-state index in [1.54, 1.807) is 0 Å². The molecule has 0 spiro atoms. The maximum absolute atomic E-state index is 4.27. The van der Waals surface area contributed by atoms with Crippen LogP contribution in [0.5, 0.6) is 0 Å². The molecule has 24 aromatic rings.